The summed E-state index contributed by atoms with van der Waals surface area (Å²) in [6.45, 7) is 4.27. The first-order chi connectivity index (χ1) is 6.97. The van der Waals surface area contributed by atoms with E-state index in [4.69, 9.17) is 0 Å². The van der Waals surface area contributed by atoms with Crippen molar-refractivity contribution in [3.8, 4) is 0 Å². The molecule has 1 aliphatic heterocycles. The highest BCUT2D eigenvalue weighted by atomic mass is 35.5. The molecule has 98 valence electrons. The fourth-order valence-electron chi connectivity index (χ4n) is 1.60. The molecule has 16 heavy (non-hydrogen) atoms. The molecule has 3 nitrogen and oxygen atoms in total. The van der Waals surface area contributed by atoms with Gasteiger partial charge in [0, 0.05) is 32.2 Å². The second-order valence-electron chi connectivity index (χ2n) is 3.82. The van der Waals surface area contributed by atoms with Gasteiger partial charge in [0.05, 0.1) is 6.61 Å². The molecule has 0 bridgehead atoms. The Balaban J connectivity index is 0.00000225. The number of alkyl halides is 3. The van der Waals surface area contributed by atoms with Gasteiger partial charge in [0.1, 0.15) is 6.61 Å². The third-order valence-electron chi connectivity index (χ3n) is 2.27. The van der Waals surface area contributed by atoms with Gasteiger partial charge in [-0.05, 0) is 6.92 Å². The third kappa shape index (κ3) is 7.27. The number of ether oxygens (including phenoxy) is 1. The molecular formula is C9H18ClF3N2O. The number of rotatable bonds is 4. The zero-order valence-corrected chi connectivity index (χ0v) is 10.0. The van der Waals surface area contributed by atoms with Gasteiger partial charge in [-0.25, -0.2) is 0 Å². The highest BCUT2D eigenvalue weighted by Crippen LogP contribution is 2.14. The molecular weight excluding hydrogens is 245 g/mol. The number of hydrogen-bond donors (Lipinski definition) is 1. The molecule has 1 unspecified atom stereocenters. The van der Waals surface area contributed by atoms with Crippen molar-refractivity contribution in [1.82, 2.24) is 10.2 Å². The molecule has 0 aromatic rings. The van der Waals surface area contributed by atoms with Crippen LogP contribution in [0.2, 0.25) is 0 Å². The third-order valence-corrected chi connectivity index (χ3v) is 2.27. The van der Waals surface area contributed by atoms with E-state index in [9.17, 15) is 13.2 Å². The summed E-state index contributed by atoms with van der Waals surface area (Å²) in [5, 5.41) is 3.26. The van der Waals surface area contributed by atoms with Gasteiger partial charge in [-0.3, -0.25) is 4.90 Å². The average Bonchev–Trinajstić information content (AvgIpc) is 2.11. The van der Waals surface area contributed by atoms with Crippen LogP contribution < -0.4 is 5.32 Å². The molecule has 0 aromatic carbocycles. The van der Waals surface area contributed by atoms with Gasteiger partial charge in [-0.1, -0.05) is 0 Å². The number of nitrogens with zero attached hydrogens (tertiary/aromatic N) is 1. The Morgan fingerprint density at radius 2 is 2.12 bits per heavy atom. The van der Waals surface area contributed by atoms with Crippen molar-refractivity contribution in [2.45, 2.75) is 19.1 Å². The summed E-state index contributed by atoms with van der Waals surface area (Å²) in [7, 11) is 0. The predicted molar refractivity (Wildman–Crippen MR) is 58.0 cm³/mol. The van der Waals surface area contributed by atoms with E-state index in [0.717, 1.165) is 19.6 Å². The molecule has 0 aromatic heterocycles. The van der Waals surface area contributed by atoms with Crippen LogP contribution in [0.25, 0.3) is 0 Å². The van der Waals surface area contributed by atoms with Crippen molar-refractivity contribution in [3.05, 3.63) is 0 Å². The minimum atomic E-state index is -4.21. The van der Waals surface area contributed by atoms with Crippen molar-refractivity contribution in [2.24, 2.45) is 0 Å². The van der Waals surface area contributed by atoms with E-state index in [2.05, 4.69) is 21.9 Å². The highest BCUT2D eigenvalue weighted by molar-refractivity contribution is 5.85. The molecule has 1 aliphatic rings. The van der Waals surface area contributed by atoms with Crippen LogP contribution in [-0.2, 0) is 4.74 Å². The first-order valence-electron chi connectivity index (χ1n) is 5.07. The summed E-state index contributed by atoms with van der Waals surface area (Å²) in [5.41, 5.74) is 0. The van der Waals surface area contributed by atoms with Gasteiger partial charge in [-0.15, -0.1) is 12.4 Å². The summed E-state index contributed by atoms with van der Waals surface area (Å²) in [6.07, 6.45) is -4.21. The first kappa shape index (κ1) is 16.0. The number of hydrogen-bond acceptors (Lipinski definition) is 3. The normalized spacial score (nSPS) is 22.9. The number of halogens is 4. The lowest BCUT2D eigenvalue weighted by Gasteiger charge is -2.31. The van der Waals surface area contributed by atoms with E-state index in [1.54, 1.807) is 0 Å². The molecule has 1 rings (SSSR count). The predicted octanol–water partition coefficient (Wildman–Crippen LogP) is 1.28. The summed E-state index contributed by atoms with van der Waals surface area (Å²) >= 11 is 0. The zero-order valence-electron chi connectivity index (χ0n) is 9.22. The van der Waals surface area contributed by atoms with E-state index in [1.807, 2.05) is 0 Å². The fourth-order valence-corrected chi connectivity index (χ4v) is 1.60. The van der Waals surface area contributed by atoms with Crippen LogP contribution in [0, 0.1) is 0 Å². The van der Waals surface area contributed by atoms with Gasteiger partial charge >= 0.3 is 6.18 Å². The van der Waals surface area contributed by atoms with Crippen molar-refractivity contribution >= 4 is 12.4 Å². The topological polar surface area (TPSA) is 24.5 Å². The summed E-state index contributed by atoms with van der Waals surface area (Å²) in [4.78, 5) is 2.11. The van der Waals surface area contributed by atoms with Crippen LogP contribution in [0.4, 0.5) is 13.2 Å². The van der Waals surface area contributed by atoms with Crippen LogP contribution in [0.15, 0.2) is 0 Å². The van der Waals surface area contributed by atoms with Crippen LogP contribution in [0.3, 0.4) is 0 Å². The standard InChI is InChI=1S/C9H17F3N2O.ClH/c1-8-6-14(3-2-13-8)4-5-15-7-9(10,11)12;/h8,13H,2-7H2,1H3;1H. The maximum atomic E-state index is 11.7. The largest absolute Gasteiger partial charge is 0.411 e. The summed E-state index contributed by atoms with van der Waals surface area (Å²) in [5.74, 6) is 0. The Hall–Kier alpha value is -0.0400. The highest BCUT2D eigenvalue weighted by Gasteiger charge is 2.27. The lowest BCUT2D eigenvalue weighted by atomic mass is 10.2. The number of nitrogens with one attached hydrogen (secondary N) is 1. The molecule has 1 fully saturated rings. The van der Waals surface area contributed by atoms with Crippen molar-refractivity contribution < 1.29 is 17.9 Å². The van der Waals surface area contributed by atoms with Gasteiger partial charge in [-0.2, -0.15) is 13.2 Å². The monoisotopic (exact) mass is 262 g/mol. The lowest BCUT2D eigenvalue weighted by Crippen LogP contribution is -2.50. The Morgan fingerprint density at radius 1 is 1.44 bits per heavy atom. The Morgan fingerprint density at radius 3 is 2.69 bits per heavy atom. The average molecular weight is 263 g/mol. The van der Waals surface area contributed by atoms with Gasteiger partial charge in [0.25, 0.3) is 0 Å². The van der Waals surface area contributed by atoms with Crippen LogP contribution in [-0.4, -0.2) is 56.5 Å². The molecule has 0 saturated carbocycles. The first-order valence-corrected chi connectivity index (χ1v) is 5.07. The van der Waals surface area contributed by atoms with E-state index < -0.39 is 12.8 Å². The fraction of sp³-hybridized carbons (Fsp3) is 1.00. The van der Waals surface area contributed by atoms with Crippen molar-refractivity contribution in [3.63, 3.8) is 0 Å². The molecule has 0 aliphatic carbocycles. The lowest BCUT2D eigenvalue weighted by molar-refractivity contribution is -0.174. The van der Waals surface area contributed by atoms with Gasteiger partial charge in [0.15, 0.2) is 0 Å². The van der Waals surface area contributed by atoms with Gasteiger partial charge in [0.2, 0.25) is 0 Å². The molecule has 0 amide bonds. The SMILES string of the molecule is CC1CN(CCOCC(F)(F)F)CCN1.Cl. The van der Waals surface area contributed by atoms with Crippen LogP contribution in [0.5, 0.6) is 0 Å². The van der Waals surface area contributed by atoms with E-state index >= 15 is 0 Å². The van der Waals surface area contributed by atoms with Crippen LogP contribution >= 0.6 is 12.4 Å². The molecule has 0 spiro atoms. The number of piperazine rings is 1. The molecule has 0 radical (unpaired) electrons. The molecule has 1 atom stereocenters. The Kier molecular flexibility index (Phi) is 7.30. The Labute approximate surface area is 99.7 Å². The van der Waals surface area contributed by atoms with Crippen LogP contribution in [0.1, 0.15) is 6.92 Å². The van der Waals surface area contributed by atoms with Gasteiger partial charge < -0.3 is 10.1 Å². The van der Waals surface area contributed by atoms with Crippen molar-refractivity contribution in [2.75, 3.05) is 39.4 Å². The zero-order chi connectivity index (χ0) is 11.3. The quantitative estimate of drug-likeness (QED) is 0.773. The second kappa shape index (κ2) is 7.32. The minimum absolute atomic E-state index is 0. The Bertz CT molecular complexity index is 192. The second-order valence-corrected chi connectivity index (χ2v) is 3.82. The van der Waals surface area contributed by atoms with E-state index in [-0.39, 0.29) is 19.0 Å². The molecule has 1 N–H and O–H groups in total. The molecule has 7 heteroatoms. The van der Waals surface area contributed by atoms with E-state index in [1.165, 1.54) is 0 Å². The summed E-state index contributed by atoms with van der Waals surface area (Å²) in [6, 6.07) is 0.404. The van der Waals surface area contributed by atoms with E-state index in [0.29, 0.717) is 12.6 Å². The maximum absolute atomic E-state index is 11.7. The van der Waals surface area contributed by atoms with Crippen molar-refractivity contribution in [1.29, 1.82) is 0 Å². The summed E-state index contributed by atoms with van der Waals surface area (Å²) < 4.78 is 39.8. The molecule has 1 heterocycles. The molecule has 1 saturated heterocycles. The smallest absolute Gasteiger partial charge is 0.371 e. The maximum Gasteiger partial charge on any atom is 0.411 e. The minimum Gasteiger partial charge on any atom is -0.371 e.